The zero-order valence-electron chi connectivity index (χ0n) is 27.1. The van der Waals surface area contributed by atoms with Crippen LogP contribution in [-0.4, -0.2) is 46.6 Å². The molecule has 1 aliphatic rings. The van der Waals surface area contributed by atoms with E-state index >= 15 is 0 Å². The first-order valence-electron chi connectivity index (χ1n) is 15.7. The normalized spacial score (nSPS) is 14.4. The van der Waals surface area contributed by atoms with Crippen molar-refractivity contribution in [3.8, 4) is 11.5 Å². The maximum Gasteiger partial charge on any atom is 0.335 e. The number of benzene rings is 4. The molecule has 244 valence electrons. The fourth-order valence-electron chi connectivity index (χ4n) is 6.06. The first kappa shape index (κ1) is 32.5. The van der Waals surface area contributed by atoms with Crippen LogP contribution in [0.2, 0.25) is 0 Å². The second-order valence-corrected chi connectivity index (χ2v) is 12.3. The number of nitrogens with zero attached hydrogens (tertiary/aromatic N) is 3. The molecular formula is C38H35N3O6S. The number of hydrogen-bond donors (Lipinski definition) is 1. The molecule has 48 heavy (non-hydrogen) atoms. The summed E-state index contributed by atoms with van der Waals surface area (Å²) < 4.78 is 13.9. The highest BCUT2D eigenvalue weighted by atomic mass is 32.1. The van der Waals surface area contributed by atoms with E-state index in [0.29, 0.717) is 45.2 Å². The first-order chi connectivity index (χ1) is 23.2. The SMILES string of the molecule is CCN(CC)C(=O)C1=C(C)N=c2s/c(=C/c3ccc(OCc4cccc(C(=O)O)c4)cc3)c(=O)n2[C@H]1c1c(OC)ccc2ccccc12. The molecule has 1 N–H and O–H groups in total. The highest BCUT2D eigenvalue weighted by Crippen LogP contribution is 2.40. The largest absolute Gasteiger partial charge is 0.496 e. The van der Waals surface area contributed by atoms with Gasteiger partial charge in [0.2, 0.25) is 0 Å². The lowest BCUT2D eigenvalue weighted by molar-refractivity contribution is -0.127. The minimum Gasteiger partial charge on any atom is -0.496 e. The third-order valence-electron chi connectivity index (χ3n) is 8.48. The standard InChI is InChI=1S/C38H35N3O6S/c1-5-40(6-2)36(43)32-23(3)39-38-41(34(32)33-29-13-8-7-11-26(29)16-19-30(33)46-4)35(42)31(48-38)21-24-14-17-28(18-15-24)47-22-25-10-9-12-27(20-25)37(44)45/h7-21,34H,5-6,22H2,1-4H3,(H,44,45)/b31-21+/t34-/m1/s1. The van der Waals surface area contributed by atoms with E-state index in [-0.39, 0.29) is 23.6 Å². The Bertz CT molecular complexity index is 2250. The molecule has 1 aliphatic heterocycles. The molecule has 1 aromatic heterocycles. The van der Waals surface area contributed by atoms with Crippen molar-refractivity contribution in [2.24, 2.45) is 4.99 Å². The Morgan fingerprint density at radius 2 is 1.75 bits per heavy atom. The molecule has 0 bridgehead atoms. The molecule has 0 saturated carbocycles. The number of fused-ring (bicyclic) bond motifs is 2. The highest BCUT2D eigenvalue weighted by Gasteiger charge is 2.36. The highest BCUT2D eigenvalue weighted by molar-refractivity contribution is 7.07. The van der Waals surface area contributed by atoms with Gasteiger partial charge in [-0.25, -0.2) is 9.79 Å². The van der Waals surface area contributed by atoms with E-state index in [0.717, 1.165) is 27.5 Å². The topological polar surface area (TPSA) is 110 Å². The zero-order valence-corrected chi connectivity index (χ0v) is 27.9. The van der Waals surface area contributed by atoms with Gasteiger partial charge in [0.05, 0.1) is 28.5 Å². The number of aromatic nitrogens is 1. The van der Waals surface area contributed by atoms with Gasteiger partial charge in [-0.3, -0.25) is 14.2 Å². The molecule has 0 spiro atoms. The van der Waals surface area contributed by atoms with Crippen LogP contribution in [0.3, 0.4) is 0 Å². The van der Waals surface area contributed by atoms with Crippen molar-refractivity contribution in [1.82, 2.24) is 9.47 Å². The Morgan fingerprint density at radius 1 is 1.00 bits per heavy atom. The lowest BCUT2D eigenvalue weighted by atomic mass is 9.90. The summed E-state index contributed by atoms with van der Waals surface area (Å²) in [5.41, 5.74) is 3.23. The minimum atomic E-state index is -0.990. The van der Waals surface area contributed by atoms with E-state index in [4.69, 9.17) is 14.5 Å². The number of carboxylic acids is 1. The molecule has 4 aromatic carbocycles. The molecule has 2 heterocycles. The molecule has 0 aliphatic carbocycles. The number of carboxylic acid groups (broad SMARTS) is 1. The summed E-state index contributed by atoms with van der Waals surface area (Å²) in [6.07, 6.45) is 1.81. The average Bonchev–Trinajstić information content (AvgIpc) is 3.40. The Hall–Kier alpha value is -5.48. The third kappa shape index (κ3) is 6.14. The van der Waals surface area contributed by atoms with Crippen LogP contribution in [0.1, 0.15) is 53.9 Å². The number of allylic oxidation sites excluding steroid dienone is 1. The van der Waals surface area contributed by atoms with Gasteiger partial charge in [-0.2, -0.15) is 0 Å². The Kier molecular flexibility index (Phi) is 9.27. The maximum atomic E-state index is 14.4. The summed E-state index contributed by atoms with van der Waals surface area (Å²) in [5.74, 6) is 0.0300. The lowest BCUT2D eigenvalue weighted by Gasteiger charge is -2.30. The summed E-state index contributed by atoms with van der Waals surface area (Å²) in [5, 5.41) is 11.1. The van der Waals surface area contributed by atoms with Gasteiger partial charge in [0.1, 0.15) is 24.1 Å². The number of methoxy groups -OCH3 is 1. The van der Waals surface area contributed by atoms with Crippen molar-refractivity contribution in [2.75, 3.05) is 20.2 Å². The third-order valence-corrected chi connectivity index (χ3v) is 9.47. The predicted molar refractivity (Wildman–Crippen MR) is 186 cm³/mol. The zero-order chi connectivity index (χ0) is 33.9. The summed E-state index contributed by atoms with van der Waals surface area (Å²) in [4.78, 5) is 46.8. The van der Waals surface area contributed by atoms with Crippen molar-refractivity contribution < 1.29 is 24.2 Å². The van der Waals surface area contributed by atoms with Gasteiger partial charge in [-0.05, 0) is 79.1 Å². The molecule has 5 aromatic rings. The first-order valence-corrected chi connectivity index (χ1v) is 16.5. The molecule has 0 unspecified atom stereocenters. The van der Waals surface area contributed by atoms with E-state index in [1.165, 1.54) is 17.4 Å². The fraction of sp³-hybridized carbons (Fsp3) is 0.211. The van der Waals surface area contributed by atoms with Crippen LogP contribution < -0.4 is 24.4 Å². The summed E-state index contributed by atoms with van der Waals surface area (Å²) in [6.45, 7) is 6.95. The number of carbonyl (C=O) groups is 2. The quantitative estimate of drug-likeness (QED) is 0.211. The van der Waals surface area contributed by atoms with Gasteiger partial charge in [-0.15, -0.1) is 0 Å². The Morgan fingerprint density at radius 3 is 2.46 bits per heavy atom. The van der Waals surface area contributed by atoms with Gasteiger partial charge in [-0.1, -0.05) is 65.9 Å². The molecule has 10 heteroatoms. The summed E-state index contributed by atoms with van der Waals surface area (Å²) in [7, 11) is 1.60. The van der Waals surface area contributed by atoms with Gasteiger partial charge < -0.3 is 19.5 Å². The van der Waals surface area contributed by atoms with Gasteiger partial charge in [0.25, 0.3) is 11.5 Å². The van der Waals surface area contributed by atoms with Gasteiger partial charge >= 0.3 is 5.97 Å². The van der Waals surface area contributed by atoms with E-state index < -0.39 is 12.0 Å². The van der Waals surface area contributed by atoms with Gasteiger partial charge in [0, 0.05) is 18.7 Å². The van der Waals surface area contributed by atoms with E-state index in [1.807, 2.05) is 81.4 Å². The lowest BCUT2D eigenvalue weighted by Crippen LogP contribution is -2.43. The van der Waals surface area contributed by atoms with E-state index in [9.17, 15) is 19.5 Å². The van der Waals surface area contributed by atoms with Crippen molar-refractivity contribution >= 4 is 40.1 Å². The molecule has 1 atom stereocenters. The number of hydrogen-bond acceptors (Lipinski definition) is 7. The molecule has 0 fully saturated rings. The number of ether oxygens (including phenoxy) is 2. The smallest absolute Gasteiger partial charge is 0.335 e. The predicted octanol–water partition coefficient (Wildman–Crippen LogP) is 5.54. The van der Waals surface area contributed by atoms with Crippen molar-refractivity contribution in [2.45, 2.75) is 33.4 Å². The Balaban J connectivity index is 1.42. The number of aromatic carboxylic acids is 1. The minimum absolute atomic E-state index is 0.166. The van der Waals surface area contributed by atoms with E-state index in [1.54, 1.807) is 40.8 Å². The number of amides is 1. The number of rotatable bonds is 10. The van der Waals surface area contributed by atoms with Gasteiger partial charge in [0.15, 0.2) is 4.80 Å². The van der Waals surface area contributed by atoms with Crippen LogP contribution in [-0.2, 0) is 11.4 Å². The summed E-state index contributed by atoms with van der Waals surface area (Å²) in [6, 6.07) is 24.9. The average molecular weight is 662 g/mol. The number of thiazole rings is 1. The monoisotopic (exact) mass is 661 g/mol. The molecule has 1 amide bonds. The van der Waals surface area contributed by atoms with E-state index in [2.05, 4.69) is 0 Å². The fourth-order valence-corrected chi connectivity index (χ4v) is 7.10. The molecule has 0 saturated heterocycles. The maximum absolute atomic E-state index is 14.4. The number of likely N-dealkylation sites (N-methyl/N-ethyl adjacent to an activating group) is 1. The van der Waals surface area contributed by atoms with Crippen LogP contribution in [0.5, 0.6) is 11.5 Å². The van der Waals surface area contributed by atoms with Crippen LogP contribution >= 0.6 is 11.3 Å². The second-order valence-electron chi connectivity index (χ2n) is 11.3. The van der Waals surface area contributed by atoms with Crippen LogP contribution in [0.25, 0.3) is 16.8 Å². The molecule has 6 rings (SSSR count). The summed E-state index contributed by atoms with van der Waals surface area (Å²) >= 11 is 1.28. The molecule has 0 radical (unpaired) electrons. The molecule has 9 nitrogen and oxygen atoms in total. The van der Waals surface area contributed by atoms with Crippen LogP contribution in [0.15, 0.2) is 106 Å². The Labute approximate surface area is 281 Å². The van der Waals surface area contributed by atoms with Crippen LogP contribution in [0, 0.1) is 0 Å². The second kappa shape index (κ2) is 13.7. The van der Waals surface area contributed by atoms with Crippen molar-refractivity contribution in [3.05, 3.63) is 138 Å². The van der Waals surface area contributed by atoms with Crippen molar-refractivity contribution in [3.63, 3.8) is 0 Å². The van der Waals surface area contributed by atoms with Crippen molar-refractivity contribution in [1.29, 1.82) is 0 Å². The number of carbonyl (C=O) groups excluding carboxylic acids is 1. The molecular weight excluding hydrogens is 627 g/mol. The van der Waals surface area contributed by atoms with Crippen LogP contribution in [0.4, 0.5) is 0 Å².